The summed E-state index contributed by atoms with van der Waals surface area (Å²) in [7, 11) is 1.52. The van der Waals surface area contributed by atoms with Crippen LogP contribution in [0.5, 0.6) is 5.75 Å². The number of amides is 3. The van der Waals surface area contributed by atoms with Gasteiger partial charge in [-0.3, -0.25) is 9.79 Å². The number of urea groups is 1. The maximum Gasteiger partial charge on any atom is 0.417 e. The average Bonchev–Trinajstić information content (AvgIpc) is 2.76. The molecule has 1 aliphatic rings. The summed E-state index contributed by atoms with van der Waals surface area (Å²) < 4.78 is 44.8. The Hall–Kier alpha value is -3.53. The topological polar surface area (TPSA) is 91.8 Å². The standard InChI is InChI=1S/C22H20ClF3N4O3/c1-12-11-28-18(20(31)27-2)10-19(12)33-15-6-3-13(4-7-15)29-21(32)30-14-5-8-17(23)16(9-14)22(24,25)26/h3-10,12H,11H2,1-2H3,(H,27,31)(H2,29,30,32). The first-order chi connectivity index (χ1) is 15.6. The van der Waals surface area contributed by atoms with E-state index in [1.54, 1.807) is 30.3 Å². The van der Waals surface area contributed by atoms with Gasteiger partial charge in [0.1, 0.15) is 17.2 Å². The van der Waals surface area contributed by atoms with Crippen molar-refractivity contribution in [2.45, 2.75) is 13.1 Å². The summed E-state index contributed by atoms with van der Waals surface area (Å²) in [5, 5.41) is 6.92. The second kappa shape index (κ2) is 9.95. The van der Waals surface area contributed by atoms with Crippen LogP contribution >= 0.6 is 11.6 Å². The number of ether oxygens (including phenoxy) is 1. The molecule has 0 fully saturated rings. The highest BCUT2D eigenvalue weighted by atomic mass is 35.5. The molecule has 1 aliphatic heterocycles. The van der Waals surface area contributed by atoms with Gasteiger partial charge < -0.3 is 20.7 Å². The molecule has 1 atom stereocenters. The van der Waals surface area contributed by atoms with Crippen LogP contribution in [0, 0.1) is 5.92 Å². The average molecular weight is 481 g/mol. The number of benzene rings is 2. The van der Waals surface area contributed by atoms with Gasteiger partial charge in [0.2, 0.25) is 0 Å². The molecule has 7 nitrogen and oxygen atoms in total. The first-order valence-electron chi connectivity index (χ1n) is 9.77. The molecule has 0 bridgehead atoms. The zero-order valence-electron chi connectivity index (χ0n) is 17.6. The van der Waals surface area contributed by atoms with Crippen molar-refractivity contribution in [2.24, 2.45) is 10.9 Å². The lowest BCUT2D eigenvalue weighted by Gasteiger charge is -2.20. The molecule has 3 amide bonds. The molecule has 0 aliphatic carbocycles. The van der Waals surface area contributed by atoms with Gasteiger partial charge in [-0.25, -0.2) is 4.79 Å². The number of rotatable bonds is 5. The number of halogens is 4. The van der Waals surface area contributed by atoms with Gasteiger partial charge in [-0.15, -0.1) is 0 Å². The fraction of sp³-hybridized carbons (Fsp3) is 0.227. The molecule has 2 aromatic carbocycles. The van der Waals surface area contributed by atoms with Crippen molar-refractivity contribution >= 4 is 40.6 Å². The fourth-order valence-corrected chi connectivity index (χ4v) is 3.12. The number of aliphatic imine (C=N–C) groups is 1. The minimum Gasteiger partial charge on any atom is -0.461 e. The molecule has 3 rings (SSSR count). The Bertz CT molecular complexity index is 1110. The SMILES string of the molecule is CNC(=O)C1=NCC(C)C(Oc2ccc(NC(=O)Nc3ccc(Cl)c(C(F)(F)F)c3)cc2)=C1. The monoisotopic (exact) mass is 480 g/mol. The predicted molar refractivity (Wildman–Crippen MR) is 120 cm³/mol. The number of nitrogens with zero attached hydrogens (tertiary/aromatic N) is 1. The molecule has 3 N–H and O–H groups in total. The van der Waals surface area contributed by atoms with E-state index in [0.717, 1.165) is 12.1 Å². The lowest BCUT2D eigenvalue weighted by Crippen LogP contribution is -2.30. The highest BCUT2D eigenvalue weighted by Crippen LogP contribution is 2.36. The molecule has 1 heterocycles. The third kappa shape index (κ3) is 6.26. The second-order valence-corrected chi connectivity index (χ2v) is 7.56. The van der Waals surface area contributed by atoms with Crippen LogP contribution in [-0.4, -0.2) is 31.2 Å². The van der Waals surface area contributed by atoms with Crippen LogP contribution in [0.4, 0.5) is 29.3 Å². The summed E-state index contributed by atoms with van der Waals surface area (Å²) in [5.41, 5.74) is -0.435. The smallest absolute Gasteiger partial charge is 0.417 e. The molecule has 2 aromatic rings. The van der Waals surface area contributed by atoms with E-state index >= 15 is 0 Å². The van der Waals surface area contributed by atoms with Crippen LogP contribution in [0.15, 0.2) is 59.3 Å². The van der Waals surface area contributed by atoms with Crippen LogP contribution in [0.2, 0.25) is 5.02 Å². The Morgan fingerprint density at radius 1 is 1.09 bits per heavy atom. The van der Waals surface area contributed by atoms with Crippen LogP contribution in [0.1, 0.15) is 12.5 Å². The minimum absolute atomic E-state index is 0.0250. The molecule has 0 saturated carbocycles. The normalized spacial score (nSPS) is 15.8. The third-order valence-corrected chi connectivity index (χ3v) is 4.97. The Morgan fingerprint density at radius 3 is 2.36 bits per heavy atom. The van der Waals surface area contributed by atoms with Crippen LogP contribution in [-0.2, 0) is 11.0 Å². The van der Waals surface area contributed by atoms with E-state index in [1.807, 2.05) is 6.92 Å². The molecule has 1 unspecified atom stereocenters. The van der Waals surface area contributed by atoms with Gasteiger partial charge >= 0.3 is 12.2 Å². The van der Waals surface area contributed by atoms with Crippen molar-refractivity contribution in [3.63, 3.8) is 0 Å². The third-order valence-electron chi connectivity index (χ3n) is 4.64. The molecule has 0 aromatic heterocycles. The molecular weight excluding hydrogens is 461 g/mol. The minimum atomic E-state index is -4.64. The molecule has 0 spiro atoms. The summed E-state index contributed by atoms with van der Waals surface area (Å²) in [5.74, 6) is 0.717. The van der Waals surface area contributed by atoms with Gasteiger partial charge in [-0.1, -0.05) is 18.5 Å². The summed E-state index contributed by atoms with van der Waals surface area (Å²) in [6.07, 6.45) is -3.06. The zero-order chi connectivity index (χ0) is 24.2. The number of carbonyl (C=O) groups is 2. The van der Waals surface area contributed by atoms with E-state index in [0.29, 0.717) is 23.7 Å². The van der Waals surface area contributed by atoms with Crippen molar-refractivity contribution < 1.29 is 27.5 Å². The highest BCUT2D eigenvalue weighted by Gasteiger charge is 2.33. The summed E-state index contributed by atoms with van der Waals surface area (Å²) in [4.78, 5) is 28.2. The molecule has 0 radical (unpaired) electrons. The van der Waals surface area contributed by atoms with Gasteiger partial charge in [0, 0.05) is 37.0 Å². The van der Waals surface area contributed by atoms with Gasteiger partial charge in [0.05, 0.1) is 10.6 Å². The maximum absolute atomic E-state index is 13.0. The molecule has 33 heavy (non-hydrogen) atoms. The van der Waals surface area contributed by atoms with Crippen molar-refractivity contribution in [1.82, 2.24) is 5.32 Å². The number of dihydropyridines is 1. The number of anilines is 2. The van der Waals surface area contributed by atoms with E-state index in [4.69, 9.17) is 16.3 Å². The lowest BCUT2D eigenvalue weighted by atomic mass is 10.1. The number of hydrogen-bond acceptors (Lipinski definition) is 4. The van der Waals surface area contributed by atoms with Gasteiger partial charge in [-0.2, -0.15) is 13.2 Å². The number of nitrogens with one attached hydrogen (secondary N) is 3. The quantitative estimate of drug-likeness (QED) is 0.556. The highest BCUT2D eigenvalue weighted by molar-refractivity contribution is 6.43. The van der Waals surface area contributed by atoms with E-state index in [9.17, 15) is 22.8 Å². The fourth-order valence-electron chi connectivity index (χ4n) is 2.90. The van der Waals surface area contributed by atoms with Crippen molar-refractivity contribution in [1.29, 1.82) is 0 Å². The number of carbonyl (C=O) groups excluding carboxylic acids is 2. The van der Waals surface area contributed by atoms with Crippen molar-refractivity contribution in [3.05, 3.63) is 64.9 Å². The molecule has 11 heteroatoms. The van der Waals surface area contributed by atoms with E-state index in [1.165, 1.54) is 13.1 Å². The predicted octanol–water partition coefficient (Wildman–Crippen LogP) is 5.10. The molecule has 174 valence electrons. The van der Waals surface area contributed by atoms with E-state index < -0.39 is 22.8 Å². The van der Waals surface area contributed by atoms with Crippen molar-refractivity contribution in [3.8, 4) is 5.75 Å². The van der Waals surface area contributed by atoms with E-state index in [-0.39, 0.29) is 23.2 Å². The van der Waals surface area contributed by atoms with Crippen LogP contribution in [0.25, 0.3) is 0 Å². The summed E-state index contributed by atoms with van der Waals surface area (Å²) >= 11 is 5.58. The summed E-state index contributed by atoms with van der Waals surface area (Å²) in [6.45, 7) is 2.33. The van der Waals surface area contributed by atoms with Gasteiger partial charge in [-0.05, 0) is 42.5 Å². The largest absolute Gasteiger partial charge is 0.461 e. The lowest BCUT2D eigenvalue weighted by molar-refractivity contribution is -0.137. The second-order valence-electron chi connectivity index (χ2n) is 7.15. The van der Waals surface area contributed by atoms with Gasteiger partial charge in [0.25, 0.3) is 5.91 Å². The van der Waals surface area contributed by atoms with Crippen LogP contribution in [0.3, 0.4) is 0 Å². The molecular formula is C22H20ClF3N4O3. The van der Waals surface area contributed by atoms with E-state index in [2.05, 4.69) is 20.9 Å². The maximum atomic E-state index is 13.0. The first kappa shape index (κ1) is 24.1. The number of alkyl halides is 3. The number of hydrogen-bond donors (Lipinski definition) is 3. The summed E-state index contributed by atoms with van der Waals surface area (Å²) in [6, 6.07) is 8.72. The Labute approximate surface area is 192 Å². The van der Waals surface area contributed by atoms with Crippen molar-refractivity contribution in [2.75, 3.05) is 24.2 Å². The zero-order valence-corrected chi connectivity index (χ0v) is 18.3. The Kier molecular flexibility index (Phi) is 7.27. The van der Waals surface area contributed by atoms with Gasteiger partial charge in [0.15, 0.2) is 0 Å². The first-order valence-corrected chi connectivity index (χ1v) is 10.2. The Balaban J connectivity index is 1.63. The molecule has 0 saturated heterocycles. The Morgan fingerprint density at radius 2 is 1.73 bits per heavy atom. The van der Waals surface area contributed by atoms with Crippen LogP contribution < -0.4 is 20.7 Å².